The van der Waals surface area contributed by atoms with Crippen LogP contribution in [-0.4, -0.2) is 28.3 Å². The molecule has 206 valence electrons. The highest BCUT2D eigenvalue weighted by Crippen LogP contribution is 2.42. The van der Waals surface area contributed by atoms with Crippen LogP contribution >= 0.6 is 0 Å². The maximum Gasteiger partial charge on any atom is 0.119 e. The molecule has 1 aliphatic rings. The molecule has 4 aromatic rings. The molecule has 1 unspecified atom stereocenters. The highest BCUT2D eigenvalue weighted by Gasteiger charge is 2.32. The summed E-state index contributed by atoms with van der Waals surface area (Å²) >= 11 is 0. The van der Waals surface area contributed by atoms with Crippen LogP contribution in [0.5, 0.6) is 17.2 Å². The van der Waals surface area contributed by atoms with Crippen molar-refractivity contribution in [3.63, 3.8) is 0 Å². The van der Waals surface area contributed by atoms with E-state index >= 15 is 0 Å². The average Bonchev–Trinajstić information content (AvgIpc) is 3.31. The average molecular weight is 527 g/mol. The molecule has 3 aromatic carbocycles. The Morgan fingerprint density at radius 3 is 2.31 bits per heavy atom. The number of unbranched alkanes of at least 4 members (excludes halogenated alkanes) is 1. The first-order valence-corrected chi connectivity index (χ1v) is 14.7. The predicted octanol–water partition coefficient (Wildman–Crippen LogP) is 8.50. The van der Waals surface area contributed by atoms with E-state index in [4.69, 9.17) is 4.74 Å². The zero-order valence-electron chi connectivity index (χ0n) is 23.3. The number of nitrogens with one attached hydrogen (secondary N) is 1. The molecule has 0 spiro atoms. The molecular weight excluding hydrogens is 484 g/mol. The van der Waals surface area contributed by atoms with E-state index in [1.54, 1.807) is 18.2 Å². The minimum atomic E-state index is -0.0176. The molecule has 1 aliphatic heterocycles. The summed E-state index contributed by atoms with van der Waals surface area (Å²) in [4.78, 5) is 6.04. The van der Waals surface area contributed by atoms with E-state index in [9.17, 15) is 10.2 Å². The van der Waals surface area contributed by atoms with E-state index in [0.29, 0.717) is 0 Å². The number of anilines is 1. The number of nitrogens with zero attached hydrogens (tertiary/aromatic N) is 1. The van der Waals surface area contributed by atoms with Gasteiger partial charge in [-0.25, -0.2) is 0 Å². The van der Waals surface area contributed by atoms with Gasteiger partial charge in [0.05, 0.1) is 12.6 Å². The lowest BCUT2D eigenvalue weighted by molar-refractivity contribution is 0.294. The van der Waals surface area contributed by atoms with Crippen molar-refractivity contribution in [1.82, 2.24) is 4.98 Å². The van der Waals surface area contributed by atoms with Crippen LogP contribution in [0.3, 0.4) is 0 Å². The Morgan fingerprint density at radius 1 is 0.872 bits per heavy atom. The SMILES string of the molecule is CCCC(CCC)CCCCOc1ccc(C2c3[nH]c4ccc(O)cc4c3CCN2c2ccc(O)cc2)cc1. The van der Waals surface area contributed by atoms with Gasteiger partial charge < -0.3 is 24.8 Å². The van der Waals surface area contributed by atoms with Crippen molar-refractivity contribution in [1.29, 1.82) is 0 Å². The smallest absolute Gasteiger partial charge is 0.119 e. The van der Waals surface area contributed by atoms with Crippen molar-refractivity contribution in [2.45, 2.75) is 71.3 Å². The quantitative estimate of drug-likeness (QED) is 0.162. The van der Waals surface area contributed by atoms with Gasteiger partial charge in [-0.15, -0.1) is 0 Å². The summed E-state index contributed by atoms with van der Waals surface area (Å²) in [5.41, 5.74) is 5.68. The van der Waals surface area contributed by atoms with Crippen LogP contribution in [0.15, 0.2) is 66.7 Å². The van der Waals surface area contributed by atoms with Crippen molar-refractivity contribution >= 4 is 16.6 Å². The maximum atomic E-state index is 10.1. The van der Waals surface area contributed by atoms with Crippen molar-refractivity contribution in [2.75, 3.05) is 18.1 Å². The molecule has 0 radical (unpaired) electrons. The van der Waals surface area contributed by atoms with Crippen LogP contribution in [-0.2, 0) is 6.42 Å². The Kier molecular flexibility index (Phi) is 8.65. The topological polar surface area (TPSA) is 68.7 Å². The summed E-state index contributed by atoms with van der Waals surface area (Å²) in [7, 11) is 0. The second-order valence-electron chi connectivity index (χ2n) is 11.0. The van der Waals surface area contributed by atoms with E-state index < -0.39 is 0 Å². The fraction of sp³-hybridized carbons (Fsp3) is 0.412. The summed E-state index contributed by atoms with van der Waals surface area (Å²) in [6.45, 7) is 6.16. The maximum absolute atomic E-state index is 10.1. The molecular formula is C34H42N2O3. The third-order valence-electron chi connectivity index (χ3n) is 8.16. The lowest BCUT2D eigenvalue weighted by atomic mass is 9.91. The molecule has 1 aromatic heterocycles. The van der Waals surface area contributed by atoms with Gasteiger partial charge in [-0.2, -0.15) is 0 Å². The van der Waals surface area contributed by atoms with Gasteiger partial charge in [-0.1, -0.05) is 58.1 Å². The van der Waals surface area contributed by atoms with E-state index in [0.717, 1.165) is 59.9 Å². The fourth-order valence-electron chi connectivity index (χ4n) is 6.27. The number of ether oxygens (including phenoxy) is 1. The summed E-state index contributed by atoms with van der Waals surface area (Å²) < 4.78 is 6.13. The number of aromatic nitrogens is 1. The normalized spacial score (nSPS) is 15.2. The minimum absolute atomic E-state index is 0.0176. The molecule has 0 saturated heterocycles. The van der Waals surface area contributed by atoms with E-state index in [1.165, 1.54) is 49.7 Å². The minimum Gasteiger partial charge on any atom is -0.508 e. The molecule has 5 nitrogen and oxygen atoms in total. The van der Waals surface area contributed by atoms with Crippen LogP contribution < -0.4 is 9.64 Å². The Balaban J connectivity index is 1.33. The third-order valence-corrected chi connectivity index (χ3v) is 8.16. The third kappa shape index (κ3) is 6.19. The molecule has 39 heavy (non-hydrogen) atoms. The second-order valence-corrected chi connectivity index (χ2v) is 11.0. The molecule has 5 heteroatoms. The zero-order chi connectivity index (χ0) is 27.2. The molecule has 0 fully saturated rings. The molecule has 0 amide bonds. The number of rotatable bonds is 12. The van der Waals surface area contributed by atoms with Gasteiger partial charge in [0.2, 0.25) is 0 Å². The molecule has 5 rings (SSSR count). The number of hydrogen-bond acceptors (Lipinski definition) is 4. The number of H-pyrrole nitrogens is 1. The first kappa shape index (κ1) is 27.0. The van der Waals surface area contributed by atoms with Gasteiger partial charge in [0.1, 0.15) is 17.2 Å². The lowest BCUT2D eigenvalue weighted by Crippen LogP contribution is -2.36. The standard InChI is InChI=1S/C34H42N2O3/c1-3-7-24(8-4-2)9-5-6-22-39-29-17-10-25(11-18-29)34-33-30(31-23-28(38)16-19-32(31)35-33)20-21-36(34)26-12-14-27(37)15-13-26/h10-19,23-24,34-35,37-38H,3-9,20-22H2,1-2H3. The first-order chi connectivity index (χ1) is 19.1. The van der Waals surface area contributed by atoms with Crippen molar-refractivity contribution in [2.24, 2.45) is 5.92 Å². The van der Waals surface area contributed by atoms with Crippen LogP contribution in [0.1, 0.15) is 81.7 Å². The zero-order valence-corrected chi connectivity index (χ0v) is 23.3. The van der Waals surface area contributed by atoms with E-state index in [2.05, 4.69) is 48.0 Å². The Bertz CT molecular complexity index is 1340. The fourth-order valence-corrected chi connectivity index (χ4v) is 6.27. The summed E-state index contributed by atoms with van der Waals surface area (Å²) in [6.07, 6.45) is 9.75. The van der Waals surface area contributed by atoms with Crippen molar-refractivity contribution in [3.8, 4) is 17.2 Å². The predicted molar refractivity (Wildman–Crippen MR) is 160 cm³/mol. The van der Waals surface area contributed by atoms with Gasteiger partial charge in [0.15, 0.2) is 0 Å². The lowest BCUT2D eigenvalue weighted by Gasteiger charge is -2.38. The molecule has 2 heterocycles. The summed E-state index contributed by atoms with van der Waals surface area (Å²) in [5, 5.41) is 21.1. The van der Waals surface area contributed by atoms with Gasteiger partial charge in [-0.3, -0.25) is 0 Å². The largest absolute Gasteiger partial charge is 0.508 e. The van der Waals surface area contributed by atoms with Gasteiger partial charge >= 0.3 is 0 Å². The second kappa shape index (κ2) is 12.5. The monoisotopic (exact) mass is 526 g/mol. The summed E-state index contributed by atoms with van der Waals surface area (Å²) in [5.74, 6) is 2.33. The molecule has 1 atom stereocenters. The Labute approximate surface area is 232 Å². The van der Waals surface area contributed by atoms with E-state index in [-0.39, 0.29) is 17.5 Å². The highest BCUT2D eigenvalue weighted by molar-refractivity contribution is 5.87. The number of phenolic OH excluding ortho intramolecular Hbond substituents is 2. The van der Waals surface area contributed by atoms with Crippen LogP contribution in [0, 0.1) is 5.92 Å². The molecule has 0 aliphatic carbocycles. The van der Waals surface area contributed by atoms with Gasteiger partial charge in [0.25, 0.3) is 0 Å². The number of phenols is 2. The number of benzene rings is 3. The van der Waals surface area contributed by atoms with Gasteiger partial charge in [-0.05, 0) is 90.9 Å². The van der Waals surface area contributed by atoms with Crippen LogP contribution in [0.2, 0.25) is 0 Å². The summed E-state index contributed by atoms with van der Waals surface area (Å²) in [6, 6.07) is 21.5. The number of aromatic hydroxyl groups is 2. The van der Waals surface area contributed by atoms with Crippen LogP contribution in [0.4, 0.5) is 5.69 Å². The number of hydrogen-bond donors (Lipinski definition) is 3. The number of aromatic amines is 1. The number of fused-ring (bicyclic) bond motifs is 3. The molecule has 3 N–H and O–H groups in total. The van der Waals surface area contributed by atoms with Gasteiger partial charge in [0, 0.05) is 28.8 Å². The van der Waals surface area contributed by atoms with Crippen molar-refractivity contribution < 1.29 is 14.9 Å². The van der Waals surface area contributed by atoms with Crippen LogP contribution in [0.25, 0.3) is 10.9 Å². The highest BCUT2D eigenvalue weighted by atomic mass is 16.5. The van der Waals surface area contributed by atoms with Crippen molar-refractivity contribution in [3.05, 3.63) is 83.6 Å². The Morgan fingerprint density at radius 2 is 1.59 bits per heavy atom. The Hall–Kier alpha value is -3.60. The molecule has 0 bridgehead atoms. The molecule has 0 saturated carbocycles. The first-order valence-electron chi connectivity index (χ1n) is 14.7. The van der Waals surface area contributed by atoms with E-state index in [1.807, 2.05) is 24.3 Å².